The monoisotopic (exact) mass is 215 g/mol. The van der Waals surface area contributed by atoms with Gasteiger partial charge in [-0.25, -0.2) is 0 Å². The highest BCUT2D eigenvalue weighted by molar-refractivity contribution is 5.95. The molecular formula is C14H17NO. The van der Waals surface area contributed by atoms with Gasteiger partial charge in [0.15, 0.2) is 0 Å². The SMILES string of the molecule is O=C(c1ccc2c(c1)CCCC2)N1CCC1. The predicted molar refractivity (Wildman–Crippen MR) is 63.6 cm³/mol. The van der Waals surface area contributed by atoms with Crippen molar-refractivity contribution in [3.8, 4) is 0 Å². The number of amides is 1. The molecule has 2 nitrogen and oxygen atoms in total. The van der Waals surface area contributed by atoms with E-state index >= 15 is 0 Å². The fourth-order valence-electron chi connectivity index (χ4n) is 2.57. The summed E-state index contributed by atoms with van der Waals surface area (Å²) in [4.78, 5) is 14.0. The molecule has 16 heavy (non-hydrogen) atoms. The lowest BCUT2D eigenvalue weighted by atomic mass is 9.90. The molecule has 0 unspecified atom stereocenters. The maximum Gasteiger partial charge on any atom is 0.253 e. The summed E-state index contributed by atoms with van der Waals surface area (Å²) in [6.07, 6.45) is 6.07. The smallest absolute Gasteiger partial charge is 0.253 e. The van der Waals surface area contributed by atoms with Crippen molar-refractivity contribution in [1.82, 2.24) is 4.90 Å². The van der Waals surface area contributed by atoms with Crippen LogP contribution in [0.3, 0.4) is 0 Å². The number of rotatable bonds is 1. The number of carbonyl (C=O) groups is 1. The van der Waals surface area contributed by atoms with Crippen molar-refractivity contribution in [2.24, 2.45) is 0 Å². The second kappa shape index (κ2) is 3.93. The Kier molecular flexibility index (Phi) is 2.43. The zero-order valence-corrected chi connectivity index (χ0v) is 9.54. The quantitative estimate of drug-likeness (QED) is 0.704. The molecular weight excluding hydrogens is 198 g/mol. The van der Waals surface area contributed by atoms with Crippen LogP contribution in [0.5, 0.6) is 0 Å². The molecule has 1 aliphatic heterocycles. The molecule has 2 heteroatoms. The lowest BCUT2D eigenvalue weighted by Gasteiger charge is -2.31. The van der Waals surface area contributed by atoms with Gasteiger partial charge in [0.05, 0.1) is 0 Å². The number of benzene rings is 1. The molecule has 1 saturated heterocycles. The number of hydrogen-bond acceptors (Lipinski definition) is 1. The first-order valence-electron chi connectivity index (χ1n) is 6.26. The molecule has 0 radical (unpaired) electrons. The second-order valence-corrected chi connectivity index (χ2v) is 4.84. The van der Waals surface area contributed by atoms with Crippen molar-refractivity contribution >= 4 is 5.91 Å². The molecule has 0 N–H and O–H groups in total. The summed E-state index contributed by atoms with van der Waals surface area (Å²) in [5, 5.41) is 0. The van der Waals surface area contributed by atoms with Crippen LogP contribution < -0.4 is 0 Å². The lowest BCUT2D eigenvalue weighted by Crippen LogP contribution is -2.42. The molecule has 1 aliphatic carbocycles. The van der Waals surface area contributed by atoms with Gasteiger partial charge in [0.2, 0.25) is 0 Å². The summed E-state index contributed by atoms with van der Waals surface area (Å²) in [6.45, 7) is 1.88. The van der Waals surface area contributed by atoms with Gasteiger partial charge in [0, 0.05) is 18.7 Å². The highest BCUT2D eigenvalue weighted by Crippen LogP contribution is 2.23. The van der Waals surface area contributed by atoms with E-state index in [0.29, 0.717) is 0 Å². The van der Waals surface area contributed by atoms with Crippen LogP contribution in [0.4, 0.5) is 0 Å². The third-order valence-electron chi connectivity index (χ3n) is 3.74. The number of likely N-dealkylation sites (tertiary alicyclic amines) is 1. The predicted octanol–water partition coefficient (Wildman–Crippen LogP) is 2.41. The minimum absolute atomic E-state index is 0.222. The zero-order chi connectivity index (χ0) is 11.0. The van der Waals surface area contributed by atoms with E-state index in [9.17, 15) is 4.79 Å². The molecule has 0 bridgehead atoms. The summed E-state index contributed by atoms with van der Waals surface area (Å²) in [7, 11) is 0. The van der Waals surface area contributed by atoms with Crippen LogP contribution in [0.1, 0.15) is 40.7 Å². The Balaban J connectivity index is 1.87. The topological polar surface area (TPSA) is 20.3 Å². The number of hydrogen-bond donors (Lipinski definition) is 0. The van der Waals surface area contributed by atoms with Crippen molar-refractivity contribution in [1.29, 1.82) is 0 Å². The van der Waals surface area contributed by atoms with Crippen LogP contribution in [0.15, 0.2) is 18.2 Å². The average Bonchev–Trinajstić information content (AvgIpc) is 2.26. The van der Waals surface area contributed by atoms with Gasteiger partial charge in [-0.15, -0.1) is 0 Å². The molecule has 1 fully saturated rings. The lowest BCUT2D eigenvalue weighted by molar-refractivity contribution is 0.0651. The summed E-state index contributed by atoms with van der Waals surface area (Å²) >= 11 is 0. The Labute approximate surface area is 96.3 Å². The summed E-state index contributed by atoms with van der Waals surface area (Å²) in [6, 6.07) is 6.28. The van der Waals surface area contributed by atoms with Crippen LogP contribution in [0.2, 0.25) is 0 Å². The Hall–Kier alpha value is -1.31. The van der Waals surface area contributed by atoms with Gasteiger partial charge < -0.3 is 4.90 Å². The molecule has 0 aromatic heterocycles. The second-order valence-electron chi connectivity index (χ2n) is 4.84. The van der Waals surface area contributed by atoms with Gasteiger partial charge in [0.25, 0.3) is 5.91 Å². The first kappa shape index (κ1) is 9.88. The summed E-state index contributed by atoms with van der Waals surface area (Å²) in [5.74, 6) is 0.222. The van der Waals surface area contributed by atoms with Gasteiger partial charge in [-0.3, -0.25) is 4.79 Å². The number of fused-ring (bicyclic) bond motifs is 1. The first-order valence-corrected chi connectivity index (χ1v) is 6.26. The van der Waals surface area contributed by atoms with Crippen molar-refractivity contribution < 1.29 is 4.79 Å². The molecule has 0 spiro atoms. The van der Waals surface area contributed by atoms with E-state index in [1.165, 1.54) is 30.4 Å². The minimum Gasteiger partial charge on any atom is -0.339 e. The molecule has 3 rings (SSSR count). The molecule has 84 valence electrons. The molecule has 1 aromatic rings. The molecule has 2 aliphatic rings. The van der Waals surface area contributed by atoms with Gasteiger partial charge in [0.1, 0.15) is 0 Å². The maximum atomic E-state index is 12.0. The van der Waals surface area contributed by atoms with Gasteiger partial charge in [-0.2, -0.15) is 0 Å². The molecule has 0 atom stereocenters. The van der Waals surface area contributed by atoms with Crippen LogP contribution in [-0.4, -0.2) is 23.9 Å². The van der Waals surface area contributed by atoms with Gasteiger partial charge in [-0.1, -0.05) is 6.07 Å². The van der Waals surface area contributed by atoms with Crippen molar-refractivity contribution in [3.63, 3.8) is 0 Å². The van der Waals surface area contributed by atoms with E-state index in [-0.39, 0.29) is 5.91 Å². The third kappa shape index (κ3) is 1.62. The van der Waals surface area contributed by atoms with E-state index in [2.05, 4.69) is 12.1 Å². The largest absolute Gasteiger partial charge is 0.339 e. The van der Waals surface area contributed by atoms with Crippen LogP contribution in [-0.2, 0) is 12.8 Å². The average molecular weight is 215 g/mol. The number of nitrogens with zero attached hydrogens (tertiary/aromatic N) is 1. The van der Waals surface area contributed by atoms with E-state index in [1.54, 1.807) is 0 Å². The Morgan fingerprint density at radius 1 is 1.00 bits per heavy atom. The Morgan fingerprint density at radius 2 is 1.75 bits per heavy atom. The van der Waals surface area contributed by atoms with Gasteiger partial charge >= 0.3 is 0 Å². The highest BCUT2D eigenvalue weighted by atomic mass is 16.2. The molecule has 0 saturated carbocycles. The molecule has 1 amide bonds. The van der Waals surface area contributed by atoms with Crippen molar-refractivity contribution in [3.05, 3.63) is 34.9 Å². The fraction of sp³-hybridized carbons (Fsp3) is 0.500. The molecule has 1 heterocycles. The summed E-state index contributed by atoms with van der Waals surface area (Å²) < 4.78 is 0. The van der Waals surface area contributed by atoms with Crippen LogP contribution in [0.25, 0.3) is 0 Å². The maximum absolute atomic E-state index is 12.0. The van der Waals surface area contributed by atoms with E-state index in [1.807, 2.05) is 11.0 Å². The summed E-state index contributed by atoms with van der Waals surface area (Å²) in [5.41, 5.74) is 3.74. The van der Waals surface area contributed by atoms with Crippen molar-refractivity contribution in [2.45, 2.75) is 32.1 Å². The Bertz CT molecular complexity index is 421. The fourth-order valence-corrected chi connectivity index (χ4v) is 2.57. The third-order valence-corrected chi connectivity index (χ3v) is 3.74. The normalized spacial score (nSPS) is 18.9. The van der Waals surface area contributed by atoms with Crippen LogP contribution in [0, 0.1) is 0 Å². The molecule has 1 aromatic carbocycles. The van der Waals surface area contributed by atoms with E-state index in [4.69, 9.17) is 0 Å². The Morgan fingerprint density at radius 3 is 2.44 bits per heavy atom. The first-order chi connectivity index (χ1) is 7.84. The number of aryl methyl sites for hydroxylation is 2. The standard InChI is InChI=1S/C14H17NO/c16-14(15-8-3-9-15)13-7-6-11-4-1-2-5-12(11)10-13/h6-7,10H,1-5,8-9H2. The highest BCUT2D eigenvalue weighted by Gasteiger charge is 2.22. The number of carbonyl (C=O) groups excluding carboxylic acids is 1. The van der Waals surface area contributed by atoms with E-state index in [0.717, 1.165) is 31.5 Å². The van der Waals surface area contributed by atoms with Crippen LogP contribution >= 0.6 is 0 Å². The minimum atomic E-state index is 0.222. The zero-order valence-electron chi connectivity index (χ0n) is 9.54. The van der Waals surface area contributed by atoms with Gasteiger partial charge in [-0.05, 0) is 55.4 Å². The van der Waals surface area contributed by atoms with Crippen molar-refractivity contribution in [2.75, 3.05) is 13.1 Å². The van der Waals surface area contributed by atoms with E-state index < -0.39 is 0 Å².